The van der Waals surface area contributed by atoms with Crippen molar-refractivity contribution >= 4 is 27.3 Å². The van der Waals surface area contributed by atoms with Crippen LogP contribution >= 0.6 is 11.3 Å². The van der Waals surface area contributed by atoms with E-state index in [1.165, 1.54) is 12.1 Å². The number of hydrogen-bond donors (Lipinski definition) is 2. The Balaban J connectivity index is 2.11. The fourth-order valence-corrected chi connectivity index (χ4v) is 4.71. The molecule has 1 aromatic carbocycles. The summed E-state index contributed by atoms with van der Waals surface area (Å²) in [6, 6.07) is 9.93. The molecule has 1 unspecified atom stereocenters. The lowest BCUT2D eigenvalue weighted by molar-refractivity contribution is 0.0942. The van der Waals surface area contributed by atoms with Gasteiger partial charge in [0.1, 0.15) is 0 Å². The number of hydrogen-bond acceptors (Lipinski definition) is 5. The molecule has 1 atom stereocenters. The number of nitrogens with one attached hydrogen (secondary N) is 2. The number of thiophene rings is 1. The van der Waals surface area contributed by atoms with Gasteiger partial charge in [0.15, 0.2) is 0 Å². The summed E-state index contributed by atoms with van der Waals surface area (Å²) < 4.78 is 27.1. The average molecular weight is 396 g/mol. The number of nitrogens with zero attached hydrogens (tertiary/aromatic N) is 1. The van der Waals surface area contributed by atoms with E-state index in [2.05, 4.69) is 10.0 Å². The van der Waals surface area contributed by atoms with Crippen molar-refractivity contribution in [1.82, 2.24) is 14.9 Å². The molecule has 0 bridgehead atoms. The molecule has 0 spiro atoms. The van der Waals surface area contributed by atoms with Gasteiger partial charge >= 0.3 is 0 Å². The smallest absolute Gasteiger partial charge is 0.251 e. The van der Waals surface area contributed by atoms with Crippen LogP contribution in [0.4, 0.5) is 0 Å². The summed E-state index contributed by atoms with van der Waals surface area (Å²) in [7, 11) is 0.287. The predicted molar refractivity (Wildman–Crippen MR) is 105 cm³/mol. The molecule has 142 valence electrons. The molecule has 0 radical (unpaired) electrons. The molecule has 2 N–H and O–H groups in total. The molecule has 0 aliphatic heterocycles. The van der Waals surface area contributed by atoms with Gasteiger partial charge in [0.2, 0.25) is 10.0 Å². The standard InChI is InChI=1S/C18H25N3O3S2/c1-13(2)20-26(23,24)15-8-5-7-14(11-15)18(22)19-12-16(21(3)4)17-9-6-10-25-17/h5-11,13,16,20H,12H2,1-4H3,(H,19,22). The van der Waals surface area contributed by atoms with Crippen LogP contribution in [0.3, 0.4) is 0 Å². The van der Waals surface area contributed by atoms with Gasteiger partial charge in [0, 0.05) is 23.0 Å². The molecule has 0 fully saturated rings. The zero-order chi connectivity index (χ0) is 19.3. The Kier molecular flexibility index (Phi) is 6.94. The van der Waals surface area contributed by atoms with E-state index in [0.29, 0.717) is 12.1 Å². The first-order valence-corrected chi connectivity index (χ1v) is 10.7. The van der Waals surface area contributed by atoms with Crippen LogP contribution in [0.25, 0.3) is 0 Å². The lowest BCUT2D eigenvalue weighted by Gasteiger charge is -2.23. The van der Waals surface area contributed by atoms with Crippen LogP contribution in [0.1, 0.15) is 35.1 Å². The first-order chi connectivity index (χ1) is 12.2. The van der Waals surface area contributed by atoms with E-state index >= 15 is 0 Å². The molecule has 0 aliphatic rings. The topological polar surface area (TPSA) is 78.5 Å². The minimum Gasteiger partial charge on any atom is -0.350 e. The Morgan fingerprint density at radius 1 is 1.19 bits per heavy atom. The molecule has 26 heavy (non-hydrogen) atoms. The quantitative estimate of drug-likeness (QED) is 0.720. The van der Waals surface area contributed by atoms with Crippen LogP contribution in [0.15, 0.2) is 46.7 Å². The van der Waals surface area contributed by atoms with Gasteiger partial charge < -0.3 is 10.2 Å². The lowest BCUT2D eigenvalue weighted by Crippen LogP contribution is -2.34. The van der Waals surface area contributed by atoms with Crippen LogP contribution in [-0.4, -0.2) is 45.9 Å². The number of amides is 1. The normalized spacial score (nSPS) is 13.2. The van der Waals surface area contributed by atoms with Crippen LogP contribution < -0.4 is 10.0 Å². The van der Waals surface area contributed by atoms with Crippen LogP contribution in [0.2, 0.25) is 0 Å². The maximum atomic E-state index is 12.5. The highest BCUT2D eigenvalue weighted by atomic mass is 32.2. The van der Waals surface area contributed by atoms with Gasteiger partial charge in [-0.3, -0.25) is 4.79 Å². The zero-order valence-corrected chi connectivity index (χ0v) is 17.0. The predicted octanol–water partition coefficient (Wildman–Crippen LogP) is 2.47. The Hall–Kier alpha value is -1.74. The number of carbonyl (C=O) groups excluding carboxylic acids is 1. The van der Waals surface area contributed by atoms with Crippen LogP contribution in [0, 0.1) is 0 Å². The molecule has 6 nitrogen and oxygen atoms in total. The van der Waals surface area contributed by atoms with Crippen molar-refractivity contribution < 1.29 is 13.2 Å². The van der Waals surface area contributed by atoms with Crippen molar-refractivity contribution in [3.63, 3.8) is 0 Å². The molecule has 0 saturated heterocycles. The van der Waals surface area contributed by atoms with Gasteiger partial charge in [0.05, 0.1) is 10.9 Å². The van der Waals surface area contributed by atoms with Gasteiger partial charge in [-0.1, -0.05) is 12.1 Å². The first-order valence-electron chi connectivity index (χ1n) is 8.31. The van der Waals surface area contributed by atoms with Gasteiger partial charge in [0.25, 0.3) is 5.91 Å². The summed E-state index contributed by atoms with van der Waals surface area (Å²) in [5.41, 5.74) is 0.320. The zero-order valence-electron chi connectivity index (χ0n) is 15.4. The molecule has 1 heterocycles. The van der Waals surface area contributed by atoms with Crippen molar-refractivity contribution in [3.8, 4) is 0 Å². The second-order valence-corrected chi connectivity index (χ2v) is 9.20. The number of rotatable bonds is 8. The van der Waals surface area contributed by atoms with E-state index in [0.717, 1.165) is 4.88 Å². The summed E-state index contributed by atoms with van der Waals surface area (Å²) in [5, 5.41) is 4.90. The number of carbonyl (C=O) groups is 1. The molecule has 2 aromatic rings. The minimum atomic E-state index is -3.63. The van der Waals surface area contributed by atoms with Crippen LogP contribution in [0.5, 0.6) is 0 Å². The van der Waals surface area contributed by atoms with Crippen LogP contribution in [-0.2, 0) is 10.0 Å². The third kappa shape index (κ3) is 5.38. The second kappa shape index (κ2) is 8.77. The maximum Gasteiger partial charge on any atom is 0.251 e. The maximum absolute atomic E-state index is 12.5. The Bertz CT molecular complexity index is 831. The van der Waals surface area contributed by atoms with Crippen molar-refractivity contribution in [2.45, 2.75) is 30.8 Å². The number of likely N-dealkylation sites (N-methyl/N-ethyl adjacent to an activating group) is 1. The van der Waals surface area contributed by atoms with E-state index < -0.39 is 10.0 Å². The average Bonchev–Trinajstić information content (AvgIpc) is 3.07. The molecule has 8 heteroatoms. The van der Waals surface area contributed by atoms with E-state index in [1.807, 2.05) is 36.5 Å². The fourth-order valence-electron chi connectivity index (χ4n) is 2.49. The summed E-state index contributed by atoms with van der Waals surface area (Å²) >= 11 is 1.64. The van der Waals surface area contributed by atoms with E-state index in [-0.39, 0.29) is 22.9 Å². The summed E-state index contributed by atoms with van der Waals surface area (Å²) in [6.45, 7) is 3.94. The molecular weight excluding hydrogens is 370 g/mol. The first kappa shape index (κ1) is 20.6. The molecule has 2 rings (SSSR count). The Morgan fingerprint density at radius 2 is 1.92 bits per heavy atom. The van der Waals surface area contributed by atoms with E-state index in [1.54, 1.807) is 37.3 Å². The molecule has 1 amide bonds. The van der Waals surface area contributed by atoms with E-state index in [9.17, 15) is 13.2 Å². The second-order valence-electron chi connectivity index (χ2n) is 6.51. The van der Waals surface area contributed by atoms with Gasteiger partial charge in [-0.2, -0.15) is 0 Å². The highest BCUT2D eigenvalue weighted by Gasteiger charge is 2.19. The van der Waals surface area contributed by atoms with Crippen molar-refractivity contribution in [1.29, 1.82) is 0 Å². The monoisotopic (exact) mass is 395 g/mol. The number of benzene rings is 1. The molecule has 0 aliphatic carbocycles. The van der Waals surface area contributed by atoms with Crippen molar-refractivity contribution in [2.24, 2.45) is 0 Å². The van der Waals surface area contributed by atoms with E-state index in [4.69, 9.17) is 0 Å². The lowest BCUT2D eigenvalue weighted by atomic mass is 10.2. The number of sulfonamides is 1. The molecular formula is C18H25N3O3S2. The highest BCUT2D eigenvalue weighted by Crippen LogP contribution is 2.22. The summed E-state index contributed by atoms with van der Waals surface area (Å²) in [4.78, 5) is 15.8. The largest absolute Gasteiger partial charge is 0.350 e. The summed E-state index contributed by atoms with van der Waals surface area (Å²) in [5.74, 6) is -0.296. The fraction of sp³-hybridized carbons (Fsp3) is 0.389. The van der Waals surface area contributed by atoms with Crippen molar-refractivity contribution in [2.75, 3.05) is 20.6 Å². The highest BCUT2D eigenvalue weighted by molar-refractivity contribution is 7.89. The third-order valence-electron chi connectivity index (χ3n) is 3.75. The van der Waals surface area contributed by atoms with Gasteiger partial charge in [-0.25, -0.2) is 13.1 Å². The van der Waals surface area contributed by atoms with Gasteiger partial charge in [-0.15, -0.1) is 11.3 Å². The van der Waals surface area contributed by atoms with Crippen molar-refractivity contribution in [3.05, 3.63) is 52.2 Å². The third-order valence-corrected chi connectivity index (χ3v) is 6.38. The minimum absolute atomic E-state index is 0.0634. The summed E-state index contributed by atoms with van der Waals surface area (Å²) in [6.07, 6.45) is 0. The molecule has 0 saturated carbocycles. The van der Waals surface area contributed by atoms with Gasteiger partial charge in [-0.05, 0) is 57.6 Å². The SMILES string of the molecule is CC(C)NS(=O)(=O)c1cccc(C(=O)NCC(c2cccs2)N(C)C)c1. The molecule has 1 aromatic heterocycles. The Morgan fingerprint density at radius 3 is 2.50 bits per heavy atom. The Labute approximate surface area is 159 Å².